The maximum Gasteiger partial charge on any atom is 0.336 e. The van der Waals surface area contributed by atoms with Crippen LogP contribution in [-0.2, 0) is 19.1 Å². The minimum atomic E-state index is -0.439. The standard InChI is InChI=1S/C24H28N2O4S/c1-15-21(17(3)27)23(19-14-31-20-7-5-4-6-18(19)20)22(16(2)25-15)24(28)30-13-10-26-8-11-29-12-9-26/h4-7,14,23,25H,8-13H2,1-3H3. The molecule has 2 aliphatic heterocycles. The summed E-state index contributed by atoms with van der Waals surface area (Å²) in [6, 6.07) is 8.10. The number of ether oxygens (including phenoxy) is 2. The van der Waals surface area contributed by atoms with E-state index < -0.39 is 5.92 Å². The monoisotopic (exact) mass is 440 g/mol. The molecule has 2 aliphatic rings. The van der Waals surface area contributed by atoms with Gasteiger partial charge in [0.15, 0.2) is 5.78 Å². The number of dihydropyridines is 1. The number of carbonyl (C=O) groups excluding carboxylic acids is 2. The van der Waals surface area contributed by atoms with Crippen molar-refractivity contribution in [1.82, 2.24) is 10.2 Å². The van der Waals surface area contributed by atoms with E-state index in [1.165, 1.54) is 0 Å². The van der Waals surface area contributed by atoms with Crippen LogP contribution in [0.4, 0.5) is 0 Å². The Balaban J connectivity index is 1.64. The van der Waals surface area contributed by atoms with Crippen molar-refractivity contribution in [3.63, 3.8) is 0 Å². The van der Waals surface area contributed by atoms with Gasteiger partial charge in [0.25, 0.3) is 0 Å². The number of benzene rings is 1. The zero-order valence-corrected chi connectivity index (χ0v) is 19.0. The van der Waals surface area contributed by atoms with Crippen LogP contribution in [0.15, 0.2) is 52.2 Å². The van der Waals surface area contributed by atoms with Crippen LogP contribution in [0.1, 0.15) is 32.3 Å². The van der Waals surface area contributed by atoms with Gasteiger partial charge in [0.1, 0.15) is 6.61 Å². The SMILES string of the molecule is CC(=O)C1=C(C)NC(C)=C(C(=O)OCCN2CCOCC2)C1c1csc2ccccc12. The van der Waals surface area contributed by atoms with Crippen LogP contribution in [0.5, 0.6) is 0 Å². The van der Waals surface area contributed by atoms with Crippen molar-refractivity contribution in [2.75, 3.05) is 39.5 Å². The topological polar surface area (TPSA) is 67.9 Å². The molecule has 6 nitrogen and oxygen atoms in total. The normalized spacial score (nSPS) is 20.2. The fourth-order valence-corrected chi connectivity index (χ4v) is 5.42. The highest BCUT2D eigenvalue weighted by Gasteiger charge is 2.37. The molecule has 164 valence electrons. The molecular weight excluding hydrogens is 412 g/mol. The first kappa shape index (κ1) is 21.7. The molecular formula is C24H28N2O4S. The summed E-state index contributed by atoms with van der Waals surface area (Å²) in [7, 11) is 0. The van der Waals surface area contributed by atoms with Crippen LogP contribution in [0.3, 0.4) is 0 Å². The molecule has 3 heterocycles. The predicted molar refractivity (Wildman–Crippen MR) is 122 cm³/mol. The van der Waals surface area contributed by atoms with Crippen molar-refractivity contribution in [2.24, 2.45) is 0 Å². The Morgan fingerprint density at radius 2 is 1.87 bits per heavy atom. The van der Waals surface area contributed by atoms with Gasteiger partial charge in [0.05, 0.1) is 18.8 Å². The number of nitrogens with zero attached hydrogens (tertiary/aromatic N) is 1. The van der Waals surface area contributed by atoms with E-state index in [-0.39, 0.29) is 11.8 Å². The summed E-state index contributed by atoms with van der Waals surface area (Å²) >= 11 is 1.63. The van der Waals surface area contributed by atoms with Gasteiger partial charge in [0, 0.05) is 47.2 Å². The summed E-state index contributed by atoms with van der Waals surface area (Å²) in [6.45, 7) is 9.43. The molecule has 0 saturated carbocycles. The summed E-state index contributed by atoms with van der Waals surface area (Å²) < 4.78 is 12.2. The van der Waals surface area contributed by atoms with E-state index in [9.17, 15) is 9.59 Å². The molecule has 1 unspecified atom stereocenters. The molecule has 7 heteroatoms. The van der Waals surface area contributed by atoms with Crippen molar-refractivity contribution in [1.29, 1.82) is 0 Å². The Labute approximate surface area is 186 Å². The molecule has 1 aromatic heterocycles. The Bertz CT molecular complexity index is 1060. The molecule has 31 heavy (non-hydrogen) atoms. The van der Waals surface area contributed by atoms with Crippen molar-refractivity contribution < 1.29 is 19.1 Å². The lowest BCUT2D eigenvalue weighted by Crippen LogP contribution is -2.39. The second-order valence-electron chi connectivity index (χ2n) is 7.97. The van der Waals surface area contributed by atoms with Crippen molar-refractivity contribution in [3.8, 4) is 0 Å². The van der Waals surface area contributed by atoms with Crippen molar-refractivity contribution >= 4 is 33.2 Å². The zero-order chi connectivity index (χ0) is 22.0. The summed E-state index contributed by atoms with van der Waals surface area (Å²) in [5.74, 6) is -0.855. The zero-order valence-electron chi connectivity index (χ0n) is 18.2. The Morgan fingerprint density at radius 3 is 2.61 bits per heavy atom. The molecule has 0 aliphatic carbocycles. The number of Topliss-reactive ketones (excluding diaryl/α,β-unsaturated/α-hetero) is 1. The van der Waals surface area contributed by atoms with Crippen LogP contribution < -0.4 is 5.32 Å². The van der Waals surface area contributed by atoms with Gasteiger partial charge in [0.2, 0.25) is 0 Å². The van der Waals surface area contributed by atoms with Gasteiger partial charge < -0.3 is 14.8 Å². The minimum absolute atomic E-state index is 0.0450. The number of ketones is 1. The second-order valence-corrected chi connectivity index (χ2v) is 8.88. The number of morpholine rings is 1. The maximum absolute atomic E-state index is 13.3. The highest BCUT2D eigenvalue weighted by molar-refractivity contribution is 7.17. The van der Waals surface area contributed by atoms with Crippen molar-refractivity contribution in [3.05, 3.63) is 57.7 Å². The molecule has 0 bridgehead atoms. The fourth-order valence-electron chi connectivity index (χ4n) is 4.43. The molecule has 1 atom stereocenters. The quantitative estimate of drug-likeness (QED) is 0.693. The first-order valence-corrected chi connectivity index (χ1v) is 11.5. The van der Waals surface area contributed by atoms with E-state index in [2.05, 4.69) is 21.7 Å². The number of esters is 1. The van der Waals surface area contributed by atoms with E-state index in [1.54, 1.807) is 18.3 Å². The molecule has 1 N–H and O–H groups in total. The van der Waals surface area contributed by atoms with Crippen molar-refractivity contribution in [2.45, 2.75) is 26.7 Å². The third-order valence-corrected chi connectivity index (χ3v) is 6.91. The minimum Gasteiger partial charge on any atom is -0.461 e. The average Bonchev–Trinajstić information content (AvgIpc) is 3.17. The smallest absolute Gasteiger partial charge is 0.336 e. The molecule has 0 spiro atoms. The van der Waals surface area contributed by atoms with Crippen LogP contribution >= 0.6 is 11.3 Å². The lowest BCUT2D eigenvalue weighted by atomic mass is 9.79. The Morgan fingerprint density at radius 1 is 1.16 bits per heavy atom. The third kappa shape index (κ3) is 4.44. The number of rotatable bonds is 6. The summed E-state index contributed by atoms with van der Waals surface area (Å²) in [4.78, 5) is 28.2. The van der Waals surface area contributed by atoms with E-state index in [0.29, 0.717) is 37.5 Å². The summed E-state index contributed by atoms with van der Waals surface area (Å²) in [5, 5.41) is 6.36. The van der Waals surface area contributed by atoms with Gasteiger partial charge in [-0.2, -0.15) is 0 Å². The fraction of sp³-hybridized carbons (Fsp3) is 0.417. The largest absolute Gasteiger partial charge is 0.461 e. The predicted octanol–water partition coefficient (Wildman–Crippen LogP) is 3.60. The van der Waals surface area contributed by atoms with E-state index in [0.717, 1.165) is 40.1 Å². The van der Waals surface area contributed by atoms with Gasteiger partial charge >= 0.3 is 5.97 Å². The number of nitrogens with one attached hydrogen (secondary N) is 1. The molecule has 2 aromatic rings. The highest BCUT2D eigenvalue weighted by Crippen LogP contribution is 2.43. The number of fused-ring (bicyclic) bond motifs is 1. The van der Waals surface area contributed by atoms with E-state index in [1.807, 2.05) is 32.0 Å². The molecule has 1 fully saturated rings. The van der Waals surface area contributed by atoms with Crippen LogP contribution in [0, 0.1) is 0 Å². The maximum atomic E-state index is 13.3. The Kier molecular flexibility index (Phi) is 6.55. The van der Waals surface area contributed by atoms with Crippen LogP contribution in [0.25, 0.3) is 10.1 Å². The van der Waals surface area contributed by atoms with Gasteiger partial charge in [-0.3, -0.25) is 9.69 Å². The van der Waals surface area contributed by atoms with E-state index >= 15 is 0 Å². The first-order valence-electron chi connectivity index (χ1n) is 10.6. The Hall–Kier alpha value is -2.48. The number of allylic oxidation sites excluding steroid dienone is 3. The highest BCUT2D eigenvalue weighted by atomic mass is 32.1. The van der Waals surface area contributed by atoms with Crippen LogP contribution in [0.2, 0.25) is 0 Å². The third-order valence-electron chi connectivity index (χ3n) is 5.93. The average molecular weight is 441 g/mol. The molecule has 1 aromatic carbocycles. The molecule has 0 amide bonds. The molecule has 0 radical (unpaired) electrons. The molecule has 1 saturated heterocycles. The number of hydrogen-bond acceptors (Lipinski definition) is 7. The number of hydrogen-bond donors (Lipinski definition) is 1. The van der Waals surface area contributed by atoms with E-state index in [4.69, 9.17) is 9.47 Å². The first-order chi connectivity index (χ1) is 15.0. The lowest BCUT2D eigenvalue weighted by molar-refractivity contribution is -0.140. The summed E-state index contributed by atoms with van der Waals surface area (Å²) in [5.41, 5.74) is 3.64. The number of carbonyl (C=O) groups is 2. The summed E-state index contributed by atoms with van der Waals surface area (Å²) in [6.07, 6.45) is 0. The van der Waals surface area contributed by atoms with Gasteiger partial charge in [-0.15, -0.1) is 11.3 Å². The van der Waals surface area contributed by atoms with Gasteiger partial charge in [-0.05, 0) is 43.2 Å². The van der Waals surface area contributed by atoms with Gasteiger partial charge in [-0.25, -0.2) is 4.79 Å². The van der Waals surface area contributed by atoms with Gasteiger partial charge in [-0.1, -0.05) is 18.2 Å². The number of thiophene rings is 1. The lowest BCUT2D eigenvalue weighted by Gasteiger charge is -2.30. The van der Waals surface area contributed by atoms with Crippen LogP contribution in [-0.4, -0.2) is 56.1 Å². The molecule has 4 rings (SSSR count). The second kappa shape index (κ2) is 9.34.